The number of hydrogen-bond acceptors (Lipinski definition) is 3. The van der Waals surface area contributed by atoms with Gasteiger partial charge in [0.1, 0.15) is 11.5 Å². The van der Waals surface area contributed by atoms with Crippen LogP contribution in [0.4, 0.5) is 0 Å². The van der Waals surface area contributed by atoms with Gasteiger partial charge in [-0.3, -0.25) is 4.79 Å². The minimum atomic E-state index is -0.212. The lowest BCUT2D eigenvalue weighted by atomic mass is 9.42. The van der Waals surface area contributed by atoms with Crippen LogP contribution in [-0.2, 0) is 16.8 Å². The zero-order valence-electron chi connectivity index (χ0n) is 17.9. The van der Waals surface area contributed by atoms with Crippen molar-refractivity contribution in [2.45, 2.75) is 50.5 Å². The standard InChI is InChI=1S/C26H31NO3/c1-29-22-7-3-18(4-8-22)16-27-24(28)26-14-19-11-20(15-26)13-25(12-19,17-26)21-5-9-23(30-2)10-6-21/h3-10,19-20H,11-17H2,1-2H3,(H,27,28). The summed E-state index contributed by atoms with van der Waals surface area (Å²) in [6.07, 6.45) is 6.83. The highest BCUT2D eigenvalue weighted by Crippen LogP contribution is 2.65. The molecular formula is C26H31NO3. The molecule has 0 aliphatic heterocycles. The second-order valence-electron chi connectivity index (χ2n) is 9.78. The largest absolute Gasteiger partial charge is 0.497 e. The number of hydrogen-bond donors (Lipinski definition) is 1. The maximum Gasteiger partial charge on any atom is 0.226 e. The molecule has 4 aliphatic rings. The summed E-state index contributed by atoms with van der Waals surface area (Å²) < 4.78 is 10.6. The van der Waals surface area contributed by atoms with Crippen molar-refractivity contribution in [1.82, 2.24) is 5.32 Å². The summed E-state index contributed by atoms with van der Waals surface area (Å²) in [6.45, 7) is 0.579. The number of methoxy groups -OCH3 is 2. The molecule has 1 N–H and O–H groups in total. The average Bonchev–Trinajstić information content (AvgIpc) is 2.77. The van der Waals surface area contributed by atoms with Crippen LogP contribution in [0.1, 0.15) is 49.7 Å². The molecule has 1 amide bonds. The third-order valence-electron chi connectivity index (χ3n) is 7.86. The summed E-state index contributed by atoms with van der Waals surface area (Å²) in [5.74, 6) is 3.33. The molecule has 4 heteroatoms. The molecule has 30 heavy (non-hydrogen) atoms. The van der Waals surface area contributed by atoms with E-state index in [1.54, 1.807) is 14.2 Å². The fourth-order valence-corrected chi connectivity index (χ4v) is 6.92. The molecule has 4 saturated carbocycles. The van der Waals surface area contributed by atoms with Crippen molar-refractivity contribution in [3.05, 3.63) is 59.7 Å². The molecule has 4 nitrogen and oxygen atoms in total. The highest BCUT2D eigenvalue weighted by molar-refractivity contribution is 5.83. The predicted molar refractivity (Wildman–Crippen MR) is 117 cm³/mol. The van der Waals surface area contributed by atoms with Crippen molar-refractivity contribution in [3.8, 4) is 11.5 Å². The number of benzene rings is 2. The van der Waals surface area contributed by atoms with Gasteiger partial charge in [0, 0.05) is 6.54 Å². The Morgan fingerprint density at radius 2 is 1.47 bits per heavy atom. The Balaban J connectivity index is 1.36. The molecule has 0 aromatic heterocycles. The quantitative estimate of drug-likeness (QED) is 0.747. The zero-order chi connectivity index (χ0) is 20.8. The van der Waals surface area contributed by atoms with Crippen LogP contribution in [0, 0.1) is 17.3 Å². The summed E-state index contributed by atoms with van der Waals surface area (Å²) in [7, 11) is 3.38. The molecule has 0 spiro atoms. The second-order valence-corrected chi connectivity index (χ2v) is 9.78. The van der Waals surface area contributed by atoms with E-state index in [-0.39, 0.29) is 16.7 Å². The van der Waals surface area contributed by atoms with Gasteiger partial charge < -0.3 is 14.8 Å². The van der Waals surface area contributed by atoms with E-state index in [4.69, 9.17) is 9.47 Å². The molecule has 158 valence electrons. The summed E-state index contributed by atoms with van der Waals surface area (Å²) in [6, 6.07) is 16.6. The number of amides is 1. The number of carbonyl (C=O) groups excluding carboxylic acids is 1. The van der Waals surface area contributed by atoms with E-state index in [9.17, 15) is 4.79 Å². The minimum Gasteiger partial charge on any atom is -0.497 e. The lowest BCUT2D eigenvalue weighted by molar-refractivity contribution is -0.149. The summed E-state index contributed by atoms with van der Waals surface area (Å²) in [5.41, 5.74) is 2.44. The van der Waals surface area contributed by atoms with Crippen LogP contribution in [0.5, 0.6) is 11.5 Å². The lowest BCUT2D eigenvalue weighted by Gasteiger charge is -2.61. The molecule has 2 aromatic rings. The number of ether oxygens (including phenoxy) is 2. The Morgan fingerprint density at radius 3 is 2.03 bits per heavy atom. The summed E-state index contributed by atoms with van der Waals surface area (Å²) in [4.78, 5) is 13.5. The first-order valence-corrected chi connectivity index (χ1v) is 11.1. The maximum atomic E-state index is 13.5. The molecule has 0 radical (unpaired) electrons. The molecule has 4 fully saturated rings. The number of carbonyl (C=O) groups is 1. The smallest absolute Gasteiger partial charge is 0.226 e. The van der Waals surface area contributed by atoms with Gasteiger partial charge in [-0.1, -0.05) is 24.3 Å². The molecule has 2 unspecified atom stereocenters. The lowest BCUT2D eigenvalue weighted by Crippen LogP contribution is -2.59. The van der Waals surface area contributed by atoms with Crippen LogP contribution in [0.15, 0.2) is 48.5 Å². The third-order valence-corrected chi connectivity index (χ3v) is 7.86. The monoisotopic (exact) mass is 405 g/mol. The third kappa shape index (κ3) is 3.27. The molecule has 2 aromatic carbocycles. The highest BCUT2D eigenvalue weighted by atomic mass is 16.5. The van der Waals surface area contributed by atoms with E-state index in [1.165, 1.54) is 24.8 Å². The van der Waals surface area contributed by atoms with Crippen molar-refractivity contribution >= 4 is 5.91 Å². The Hall–Kier alpha value is -2.49. The molecule has 0 saturated heterocycles. The second kappa shape index (κ2) is 7.33. The van der Waals surface area contributed by atoms with Crippen molar-refractivity contribution in [3.63, 3.8) is 0 Å². The van der Waals surface area contributed by atoms with Crippen LogP contribution in [-0.4, -0.2) is 20.1 Å². The van der Waals surface area contributed by atoms with Crippen LogP contribution in [0.3, 0.4) is 0 Å². The van der Waals surface area contributed by atoms with Gasteiger partial charge >= 0.3 is 0 Å². The van der Waals surface area contributed by atoms with Crippen LogP contribution in [0.25, 0.3) is 0 Å². The van der Waals surface area contributed by atoms with E-state index in [0.717, 1.165) is 36.3 Å². The molecule has 0 heterocycles. The van der Waals surface area contributed by atoms with Crippen LogP contribution < -0.4 is 14.8 Å². The zero-order valence-corrected chi connectivity index (χ0v) is 17.9. The van der Waals surface area contributed by atoms with Crippen molar-refractivity contribution in [2.24, 2.45) is 17.3 Å². The van der Waals surface area contributed by atoms with Gasteiger partial charge in [0.15, 0.2) is 0 Å². The van der Waals surface area contributed by atoms with E-state index >= 15 is 0 Å². The Kier molecular flexibility index (Phi) is 4.76. The van der Waals surface area contributed by atoms with Crippen molar-refractivity contribution < 1.29 is 14.3 Å². The van der Waals surface area contributed by atoms with Crippen molar-refractivity contribution in [1.29, 1.82) is 0 Å². The first-order valence-electron chi connectivity index (χ1n) is 11.1. The fraction of sp³-hybridized carbons (Fsp3) is 0.500. The summed E-state index contributed by atoms with van der Waals surface area (Å²) in [5, 5.41) is 3.28. The molecule has 4 bridgehead atoms. The minimum absolute atomic E-state index is 0.147. The SMILES string of the molecule is COc1ccc(CNC(=O)C23CC4CC(C2)CC(c2ccc(OC)cc2)(C4)C3)cc1. The molecule has 6 rings (SSSR count). The van der Waals surface area contributed by atoms with Gasteiger partial charge in [-0.2, -0.15) is 0 Å². The van der Waals surface area contributed by atoms with Gasteiger partial charge in [0.2, 0.25) is 5.91 Å². The number of rotatable bonds is 6. The maximum absolute atomic E-state index is 13.5. The first-order chi connectivity index (χ1) is 14.5. The van der Waals surface area contributed by atoms with Gasteiger partial charge in [-0.05, 0) is 91.2 Å². The van der Waals surface area contributed by atoms with Gasteiger partial charge in [-0.15, -0.1) is 0 Å². The Morgan fingerprint density at radius 1 is 0.900 bits per heavy atom. The van der Waals surface area contributed by atoms with Gasteiger partial charge in [0.05, 0.1) is 19.6 Å². The predicted octanol–water partition coefficient (Wildman–Crippen LogP) is 4.86. The van der Waals surface area contributed by atoms with E-state index < -0.39 is 0 Å². The number of nitrogens with one attached hydrogen (secondary N) is 1. The van der Waals surface area contributed by atoms with Crippen molar-refractivity contribution in [2.75, 3.05) is 14.2 Å². The normalized spacial score (nSPS) is 31.4. The molecule has 2 atom stereocenters. The fourth-order valence-electron chi connectivity index (χ4n) is 6.92. The van der Waals surface area contributed by atoms with Gasteiger partial charge in [0.25, 0.3) is 0 Å². The van der Waals surface area contributed by atoms with E-state index in [0.29, 0.717) is 18.4 Å². The first kappa shape index (κ1) is 19.5. The Labute approximate surface area is 179 Å². The van der Waals surface area contributed by atoms with Gasteiger partial charge in [-0.25, -0.2) is 0 Å². The van der Waals surface area contributed by atoms with E-state index in [1.807, 2.05) is 24.3 Å². The molecular weight excluding hydrogens is 374 g/mol. The van der Waals surface area contributed by atoms with Crippen LogP contribution in [0.2, 0.25) is 0 Å². The Bertz CT molecular complexity index is 904. The highest BCUT2D eigenvalue weighted by Gasteiger charge is 2.60. The van der Waals surface area contributed by atoms with Crippen LogP contribution >= 0.6 is 0 Å². The average molecular weight is 406 g/mol. The van der Waals surface area contributed by atoms with E-state index in [2.05, 4.69) is 29.6 Å². The topological polar surface area (TPSA) is 47.6 Å². The summed E-state index contributed by atoms with van der Waals surface area (Å²) >= 11 is 0. The molecule has 4 aliphatic carbocycles.